The summed E-state index contributed by atoms with van der Waals surface area (Å²) in [4.78, 5) is 17.7. The molecule has 0 saturated heterocycles. The van der Waals surface area contributed by atoms with E-state index in [1.165, 1.54) is 12.1 Å². The summed E-state index contributed by atoms with van der Waals surface area (Å²) in [7, 11) is 0. The van der Waals surface area contributed by atoms with E-state index in [1.54, 1.807) is 17.8 Å². The second-order valence-corrected chi connectivity index (χ2v) is 7.82. The van der Waals surface area contributed by atoms with Crippen molar-refractivity contribution in [2.45, 2.75) is 19.6 Å². The maximum Gasteiger partial charge on any atom is 0.416 e. The molecule has 5 nitrogen and oxygen atoms in total. The van der Waals surface area contributed by atoms with Crippen LogP contribution in [0, 0.1) is 6.92 Å². The van der Waals surface area contributed by atoms with Gasteiger partial charge in [-0.15, -0.1) is 11.3 Å². The highest BCUT2D eigenvalue weighted by Crippen LogP contribution is 2.33. The Balaban J connectivity index is 1.55. The van der Waals surface area contributed by atoms with Crippen molar-refractivity contribution >= 4 is 22.9 Å². The lowest BCUT2D eigenvalue weighted by Gasteiger charge is -2.11. The molecule has 0 aliphatic heterocycles. The Morgan fingerprint density at radius 1 is 1.10 bits per heavy atom. The molecule has 0 bridgehead atoms. The third kappa shape index (κ3) is 4.66. The van der Waals surface area contributed by atoms with Crippen molar-refractivity contribution in [1.82, 2.24) is 14.8 Å². The van der Waals surface area contributed by atoms with E-state index in [-0.39, 0.29) is 5.91 Å². The number of anilines is 1. The first kappa shape index (κ1) is 20.8. The standard InChI is InChI=1S/C22H17F3N4OS/c1-14-19(31-21(27-14)15-7-9-17(10-8-15)22(23,24)25)20(30)28-18-6-3-2-5-16(18)13-29-12-4-11-26-29/h2-12H,13H2,1H3,(H,28,30). The van der Waals surface area contributed by atoms with Crippen LogP contribution in [0.2, 0.25) is 0 Å². The van der Waals surface area contributed by atoms with E-state index in [4.69, 9.17) is 0 Å². The number of thiazole rings is 1. The van der Waals surface area contributed by atoms with E-state index < -0.39 is 11.7 Å². The molecular weight excluding hydrogens is 425 g/mol. The Morgan fingerprint density at radius 3 is 2.52 bits per heavy atom. The van der Waals surface area contributed by atoms with E-state index in [1.807, 2.05) is 36.5 Å². The molecule has 0 aliphatic rings. The highest BCUT2D eigenvalue weighted by Gasteiger charge is 2.30. The third-order valence-corrected chi connectivity index (χ3v) is 5.82. The minimum absolute atomic E-state index is 0.318. The van der Waals surface area contributed by atoms with Gasteiger partial charge in [-0.05, 0) is 36.8 Å². The fraction of sp³-hybridized carbons (Fsp3) is 0.136. The van der Waals surface area contributed by atoms with E-state index >= 15 is 0 Å². The molecule has 0 unspecified atom stereocenters. The number of para-hydroxylation sites is 1. The number of nitrogens with one attached hydrogen (secondary N) is 1. The van der Waals surface area contributed by atoms with Crippen LogP contribution >= 0.6 is 11.3 Å². The second kappa shape index (κ2) is 8.35. The number of nitrogens with zero attached hydrogens (tertiary/aromatic N) is 3. The van der Waals surface area contributed by atoms with E-state index in [9.17, 15) is 18.0 Å². The minimum Gasteiger partial charge on any atom is -0.321 e. The number of carbonyl (C=O) groups is 1. The molecule has 1 N–H and O–H groups in total. The van der Waals surface area contributed by atoms with E-state index in [2.05, 4.69) is 15.4 Å². The van der Waals surface area contributed by atoms with Crippen molar-refractivity contribution in [3.05, 3.63) is 88.7 Å². The van der Waals surface area contributed by atoms with Gasteiger partial charge in [-0.3, -0.25) is 9.48 Å². The van der Waals surface area contributed by atoms with Crippen molar-refractivity contribution in [3.63, 3.8) is 0 Å². The van der Waals surface area contributed by atoms with Crippen LogP contribution in [0.5, 0.6) is 0 Å². The fourth-order valence-electron chi connectivity index (χ4n) is 3.06. The monoisotopic (exact) mass is 442 g/mol. The number of carbonyl (C=O) groups excluding carboxylic acids is 1. The van der Waals surface area contributed by atoms with Crippen LogP contribution in [0.15, 0.2) is 67.0 Å². The van der Waals surface area contributed by atoms with Gasteiger partial charge in [0.15, 0.2) is 0 Å². The molecule has 2 aromatic carbocycles. The van der Waals surface area contributed by atoms with Gasteiger partial charge in [-0.2, -0.15) is 18.3 Å². The number of rotatable bonds is 5. The van der Waals surface area contributed by atoms with Crippen LogP contribution < -0.4 is 5.32 Å². The Labute approximate surface area is 180 Å². The topological polar surface area (TPSA) is 59.8 Å². The summed E-state index contributed by atoms with van der Waals surface area (Å²) in [6.07, 6.45) is -0.876. The molecule has 0 fully saturated rings. The lowest BCUT2D eigenvalue weighted by Crippen LogP contribution is -2.14. The summed E-state index contributed by atoms with van der Waals surface area (Å²) < 4.78 is 40.1. The zero-order chi connectivity index (χ0) is 22.0. The summed E-state index contributed by atoms with van der Waals surface area (Å²) in [5.74, 6) is -0.318. The van der Waals surface area contributed by atoms with Crippen LogP contribution in [0.4, 0.5) is 18.9 Å². The van der Waals surface area contributed by atoms with Crippen molar-refractivity contribution in [1.29, 1.82) is 0 Å². The maximum absolute atomic E-state index is 12.9. The molecule has 2 aromatic heterocycles. The van der Waals surface area contributed by atoms with Gasteiger partial charge in [0.1, 0.15) is 9.88 Å². The van der Waals surface area contributed by atoms with Gasteiger partial charge in [-0.25, -0.2) is 4.98 Å². The number of benzene rings is 2. The first-order valence-electron chi connectivity index (χ1n) is 9.33. The Kier molecular flexibility index (Phi) is 5.60. The van der Waals surface area contributed by atoms with Crippen molar-refractivity contribution in [2.24, 2.45) is 0 Å². The third-order valence-electron chi connectivity index (χ3n) is 4.62. The Morgan fingerprint density at radius 2 is 1.84 bits per heavy atom. The zero-order valence-electron chi connectivity index (χ0n) is 16.3. The zero-order valence-corrected chi connectivity index (χ0v) is 17.2. The summed E-state index contributed by atoms with van der Waals surface area (Å²) in [5.41, 5.74) is 1.87. The molecule has 2 heterocycles. The fourth-order valence-corrected chi connectivity index (χ4v) is 4.03. The Bertz CT molecular complexity index is 1200. The molecule has 9 heteroatoms. The SMILES string of the molecule is Cc1nc(-c2ccc(C(F)(F)F)cc2)sc1C(=O)Nc1ccccc1Cn1cccn1. The van der Waals surface area contributed by atoms with Crippen LogP contribution in [0.3, 0.4) is 0 Å². The lowest BCUT2D eigenvalue weighted by atomic mass is 10.1. The summed E-state index contributed by atoms with van der Waals surface area (Å²) in [6.45, 7) is 2.20. The van der Waals surface area contributed by atoms with Gasteiger partial charge >= 0.3 is 6.18 Å². The van der Waals surface area contributed by atoms with Crippen molar-refractivity contribution in [3.8, 4) is 10.6 Å². The summed E-state index contributed by atoms with van der Waals surface area (Å²) in [5, 5.41) is 7.59. The highest BCUT2D eigenvalue weighted by molar-refractivity contribution is 7.17. The van der Waals surface area contributed by atoms with Crippen molar-refractivity contribution < 1.29 is 18.0 Å². The van der Waals surface area contributed by atoms with Gasteiger partial charge in [-0.1, -0.05) is 30.3 Å². The normalized spacial score (nSPS) is 11.5. The molecule has 0 radical (unpaired) electrons. The summed E-state index contributed by atoms with van der Waals surface area (Å²) >= 11 is 1.14. The molecule has 0 spiro atoms. The first-order valence-corrected chi connectivity index (χ1v) is 10.1. The van der Waals surface area contributed by atoms with Crippen LogP contribution in [-0.2, 0) is 12.7 Å². The number of hydrogen-bond acceptors (Lipinski definition) is 4. The molecule has 0 atom stereocenters. The second-order valence-electron chi connectivity index (χ2n) is 6.82. The van der Waals surface area contributed by atoms with Gasteiger partial charge in [0.05, 0.1) is 17.8 Å². The maximum atomic E-state index is 12.9. The predicted molar refractivity (Wildman–Crippen MR) is 113 cm³/mol. The summed E-state index contributed by atoms with van der Waals surface area (Å²) in [6, 6.07) is 14.0. The van der Waals surface area contributed by atoms with Crippen LogP contribution in [-0.4, -0.2) is 20.7 Å². The van der Waals surface area contributed by atoms with Crippen LogP contribution in [0.1, 0.15) is 26.5 Å². The predicted octanol–water partition coefficient (Wildman–Crippen LogP) is 5.63. The van der Waals surface area contributed by atoms with Gasteiger partial charge in [0, 0.05) is 23.6 Å². The van der Waals surface area contributed by atoms with Crippen LogP contribution in [0.25, 0.3) is 10.6 Å². The molecular formula is C22H17F3N4OS. The largest absolute Gasteiger partial charge is 0.416 e. The number of aromatic nitrogens is 3. The highest BCUT2D eigenvalue weighted by atomic mass is 32.1. The molecule has 4 aromatic rings. The number of hydrogen-bond donors (Lipinski definition) is 1. The number of alkyl halides is 3. The average Bonchev–Trinajstić information content (AvgIpc) is 3.38. The molecule has 4 rings (SSSR count). The molecule has 0 aliphatic carbocycles. The van der Waals surface area contributed by atoms with Gasteiger partial charge < -0.3 is 5.32 Å². The number of aryl methyl sites for hydroxylation is 1. The average molecular weight is 442 g/mol. The minimum atomic E-state index is -4.40. The molecule has 1 amide bonds. The first-order chi connectivity index (χ1) is 14.8. The van der Waals surface area contributed by atoms with Gasteiger partial charge in [0.2, 0.25) is 0 Å². The van der Waals surface area contributed by atoms with E-state index in [0.717, 1.165) is 29.0 Å². The molecule has 0 saturated carbocycles. The number of halogens is 3. The quantitative estimate of drug-likeness (QED) is 0.436. The number of amides is 1. The Hall–Kier alpha value is -3.46. The molecule has 31 heavy (non-hydrogen) atoms. The smallest absolute Gasteiger partial charge is 0.321 e. The molecule has 158 valence electrons. The van der Waals surface area contributed by atoms with E-state index in [0.29, 0.717) is 33.4 Å². The lowest BCUT2D eigenvalue weighted by molar-refractivity contribution is -0.137. The van der Waals surface area contributed by atoms with Gasteiger partial charge in [0.25, 0.3) is 5.91 Å². The van der Waals surface area contributed by atoms with Crippen molar-refractivity contribution in [2.75, 3.05) is 5.32 Å².